The Hall–Kier alpha value is -1.97. The van der Waals surface area contributed by atoms with E-state index in [1.165, 1.54) is 6.20 Å². The number of aryl methyl sites for hydroxylation is 3. The molecule has 1 heterocycles. The van der Waals surface area contributed by atoms with Gasteiger partial charge in [-0.2, -0.15) is 0 Å². The van der Waals surface area contributed by atoms with Crippen molar-refractivity contribution in [1.29, 1.82) is 0 Å². The van der Waals surface area contributed by atoms with Gasteiger partial charge in [-0.3, -0.25) is 4.79 Å². The third-order valence-corrected chi connectivity index (χ3v) is 2.77. The van der Waals surface area contributed by atoms with Crippen LogP contribution in [0, 0.1) is 13.8 Å². The number of rotatable bonds is 4. The maximum Gasteiger partial charge on any atom is 0.212 e. The fraction of sp³-hybridized carbons (Fsp3) is 0.357. The van der Waals surface area contributed by atoms with Crippen LogP contribution in [0.3, 0.4) is 0 Å². The Labute approximate surface area is 107 Å². The molecule has 2 aromatic rings. The highest BCUT2D eigenvalue weighted by Crippen LogP contribution is 2.13. The van der Waals surface area contributed by atoms with Crippen LogP contribution in [0.4, 0.5) is 0 Å². The minimum atomic E-state index is -0.0137. The van der Waals surface area contributed by atoms with Gasteiger partial charge < -0.3 is 0 Å². The van der Waals surface area contributed by atoms with Crippen LogP contribution in [-0.4, -0.2) is 20.8 Å². The molecule has 0 atom stereocenters. The smallest absolute Gasteiger partial charge is 0.212 e. The highest BCUT2D eigenvalue weighted by atomic mass is 16.1. The van der Waals surface area contributed by atoms with Crippen LogP contribution in [0.2, 0.25) is 0 Å². The zero-order chi connectivity index (χ0) is 13.1. The Balaban J connectivity index is 2.38. The molecule has 0 aliphatic rings. The molecule has 1 aromatic carbocycles. The van der Waals surface area contributed by atoms with Crippen LogP contribution in [0.1, 0.15) is 40.5 Å². The third kappa shape index (κ3) is 2.47. The van der Waals surface area contributed by atoms with Crippen LogP contribution in [-0.2, 0) is 6.54 Å². The predicted molar refractivity (Wildman–Crippen MR) is 69.7 cm³/mol. The third-order valence-electron chi connectivity index (χ3n) is 2.77. The molecule has 0 radical (unpaired) electrons. The van der Waals surface area contributed by atoms with Crippen LogP contribution < -0.4 is 0 Å². The molecule has 4 nitrogen and oxygen atoms in total. The van der Waals surface area contributed by atoms with Gasteiger partial charge in [0.1, 0.15) is 5.69 Å². The molecule has 4 heteroatoms. The standard InChI is InChI=1S/C14H17N3O/c1-4-5-17-13(9-15-16-17)14(18)12-7-10(2)6-11(3)8-12/h6-9H,4-5H2,1-3H3. The first-order valence-corrected chi connectivity index (χ1v) is 6.13. The van der Waals surface area contributed by atoms with Crippen molar-refractivity contribution in [1.82, 2.24) is 15.0 Å². The Morgan fingerprint density at radius 1 is 1.22 bits per heavy atom. The minimum Gasteiger partial charge on any atom is -0.287 e. The number of nitrogens with zero attached hydrogens (tertiary/aromatic N) is 3. The van der Waals surface area contributed by atoms with Gasteiger partial charge in [0.2, 0.25) is 5.78 Å². The lowest BCUT2D eigenvalue weighted by atomic mass is 10.0. The molecular weight excluding hydrogens is 226 g/mol. The van der Waals surface area contributed by atoms with Crippen LogP contribution >= 0.6 is 0 Å². The minimum absolute atomic E-state index is 0.0137. The van der Waals surface area contributed by atoms with Crippen molar-refractivity contribution >= 4 is 5.78 Å². The summed E-state index contributed by atoms with van der Waals surface area (Å²) < 4.78 is 1.67. The highest BCUT2D eigenvalue weighted by Gasteiger charge is 2.15. The second-order valence-electron chi connectivity index (χ2n) is 4.55. The van der Waals surface area contributed by atoms with E-state index in [0.717, 1.165) is 17.5 Å². The normalized spacial score (nSPS) is 10.6. The number of carbonyl (C=O) groups excluding carboxylic acids is 1. The van der Waals surface area contributed by atoms with E-state index >= 15 is 0 Å². The average Bonchev–Trinajstić information content (AvgIpc) is 2.75. The van der Waals surface area contributed by atoms with Crippen molar-refractivity contribution in [3.8, 4) is 0 Å². The van der Waals surface area contributed by atoms with Crippen molar-refractivity contribution in [2.24, 2.45) is 0 Å². The molecule has 0 unspecified atom stereocenters. The number of benzene rings is 1. The van der Waals surface area contributed by atoms with Gasteiger partial charge in [-0.15, -0.1) is 5.10 Å². The summed E-state index contributed by atoms with van der Waals surface area (Å²) in [6, 6.07) is 5.86. The molecule has 0 spiro atoms. The van der Waals surface area contributed by atoms with Crippen molar-refractivity contribution in [3.05, 3.63) is 46.8 Å². The second kappa shape index (κ2) is 5.12. The van der Waals surface area contributed by atoms with Gasteiger partial charge in [-0.05, 0) is 32.4 Å². The summed E-state index contributed by atoms with van der Waals surface area (Å²) >= 11 is 0. The summed E-state index contributed by atoms with van der Waals surface area (Å²) in [7, 11) is 0. The predicted octanol–water partition coefficient (Wildman–Crippen LogP) is 2.54. The van der Waals surface area contributed by atoms with Gasteiger partial charge in [-0.25, -0.2) is 4.68 Å². The largest absolute Gasteiger partial charge is 0.287 e. The zero-order valence-electron chi connectivity index (χ0n) is 11.0. The van der Waals surface area contributed by atoms with E-state index in [-0.39, 0.29) is 5.78 Å². The van der Waals surface area contributed by atoms with E-state index in [1.807, 2.05) is 32.9 Å². The quantitative estimate of drug-likeness (QED) is 0.775. The first-order chi connectivity index (χ1) is 8.61. The van der Waals surface area contributed by atoms with Crippen LogP contribution in [0.15, 0.2) is 24.4 Å². The van der Waals surface area contributed by atoms with E-state index in [9.17, 15) is 4.79 Å². The molecule has 0 aliphatic heterocycles. The maximum absolute atomic E-state index is 12.4. The number of hydrogen-bond acceptors (Lipinski definition) is 3. The Morgan fingerprint density at radius 2 is 1.89 bits per heavy atom. The Morgan fingerprint density at radius 3 is 2.50 bits per heavy atom. The fourth-order valence-corrected chi connectivity index (χ4v) is 2.06. The maximum atomic E-state index is 12.4. The molecule has 0 N–H and O–H groups in total. The number of hydrogen-bond donors (Lipinski definition) is 0. The first-order valence-electron chi connectivity index (χ1n) is 6.13. The van der Waals surface area contributed by atoms with Gasteiger partial charge in [0.25, 0.3) is 0 Å². The van der Waals surface area contributed by atoms with Gasteiger partial charge in [0.15, 0.2) is 0 Å². The summed E-state index contributed by atoms with van der Waals surface area (Å²) in [4.78, 5) is 12.4. The topological polar surface area (TPSA) is 47.8 Å². The number of ketones is 1. The summed E-state index contributed by atoms with van der Waals surface area (Å²) in [5.74, 6) is -0.0137. The average molecular weight is 243 g/mol. The SMILES string of the molecule is CCCn1nncc1C(=O)c1cc(C)cc(C)c1. The van der Waals surface area contributed by atoms with Crippen molar-refractivity contribution in [2.75, 3.05) is 0 Å². The second-order valence-corrected chi connectivity index (χ2v) is 4.55. The zero-order valence-corrected chi connectivity index (χ0v) is 11.0. The molecule has 0 saturated heterocycles. The van der Waals surface area contributed by atoms with Gasteiger partial charge in [-0.1, -0.05) is 29.3 Å². The van der Waals surface area contributed by atoms with Gasteiger partial charge in [0, 0.05) is 12.1 Å². The van der Waals surface area contributed by atoms with Gasteiger partial charge in [0.05, 0.1) is 6.20 Å². The molecule has 0 amide bonds. The lowest BCUT2D eigenvalue weighted by Gasteiger charge is -2.06. The monoisotopic (exact) mass is 243 g/mol. The molecule has 0 bridgehead atoms. The van der Waals surface area contributed by atoms with E-state index in [1.54, 1.807) is 4.68 Å². The summed E-state index contributed by atoms with van der Waals surface area (Å²) in [5.41, 5.74) is 3.44. The fourth-order valence-electron chi connectivity index (χ4n) is 2.06. The lowest BCUT2D eigenvalue weighted by molar-refractivity contribution is 0.102. The Bertz CT molecular complexity index is 552. The molecule has 0 fully saturated rings. The molecule has 18 heavy (non-hydrogen) atoms. The van der Waals surface area contributed by atoms with Crippen LogP contribution in [0.25, 0.3) is 0 Å². The lowest BCUT2D eigenvalue weighted by Crippen LogP contribution is -2.11. The van der Waals surface area contributed by atoms with E-state index in [4.69, 9.17) is 0 Å². The van der Waals surface area contributed by atoms with E-state index < -0.39 is 0 Å². The van der Waals surface area contributed by atoms with Gasteiger partial charge >= 0.3 is 0 Å². The molecule has 94 valence electrons. The highest BCUT2D eigenvalue weighted by molar-refractivity contribution is 6.07. The molecular formula is C14H17N3O. The molecule has 2 rings (SSSR count). The van der Waals surface area contributed by atoms with Crippen LogP contribution in [0.5, 0.6) is 0 Å². The number of aromatic nitrogens is 3. The van der Waals surface area contributed by atoms with Crippen molar-refractivity contribution < 1.29 is 4.79 Å². The Kier molecular flexibility index (Phi) is 3.55. The van der Waals surface area contributed by atoms with E-state index in [2.05, 4.69) is 16.4 Å². The molecule has 1 aromatic heterocycles. The van der Waals surface area contributed by atoms with E-state index in [0.29, 0.717) is 17.8 Å². The summed E-state index contributed by atoms with van der Waals surface area (Å²) in [6.07, 6.45) is 2.46. The summed E-state index contributed by atoms with van der Waals surface area (Å²) in [6.45, 7) is 6.75. The summed E-state index contributed by atoms with van der Waals surface area (Å²) in [5, 5.41) is 7.77. The number of carbonyl (C=O) groups is 1. The molecule has 0 aliphatic carbocycles. The first kappa shape index (κ1) is 12.5. The van der Waals surface area contributed by atoms with Crippen molar-refractivity contribution in [2.45, 2.75) is 33.7 Å². The van der Waals surface area contributed by atoms with Crippen molar-refractivity contribution in [3.63, 3.8) is 0 Å². The molecule has 0 saturated carbocycles.